The molecule has 0 unspecified atom stereocenters. The van der Waals surface area contributed by atoms with Crippen LogP contribution in [0.15, 0.2) is 47.4 Å². The van der Waals surface area contributed by atoms with Crippen LogP contribution in [0.3, 0.4) is 0 Å². The van der Waals surface area contributed by atoms with Crippen LogP contribution >= 0.6 is 0 Å². The van der Waals surface area contributed by atoms with Crippen molar-refractivity contribution in [2.24, 2.45) is 0 Å². The Morgan fingerprint density at radius 2 is 1.76 bits per heavy atom. The highest BCUT2D eigenvalue weighted by Gasteiger charge is 2.23. The molecule has 1 N–H and O–H groups in total. The minimum atomic E-state index is -3.77. The number of amides is 1. The Bertz CT molecular complexity index is 1010. The van der Waals surface area contributed by atoms with Crippen molar-refractivity contribution in [2.75, 3.05) is 25.0 Å². The summed E-state index contributed by atoms with van der Waals surface area (Å²) in [5, 5.41) is 2.09. The largest absolute Gasteiger partial charge is 0.452 e. The van der Waals surface area contributed by atoms with Gasteiger partial charge in [-0.05, 0) is 30.3 Å². The highest BCUT2D eigenvalue weighted by molar-refractivity contribution is 7.89. The zero-order chi connectivity index (χ0) is 21.6. The fourth-order valence-corrected chi connectivity index (χ4v) is 3.99. The van der Waals surface area contributed by atoms with Gasteiger partial charge in [0.25, 0.3) is 5.91 Å². The third-order valence-electron chi connectivity index (χ3n) is 3.95. The first-order valence-electron chi connectivity index (χ1n) is 8.71. The van der Waals surface area contributed by atoms with E-state index in [1.807, 2.05) is 0 Å². The van der Waals surface area contributed by atoms with Crippen LogP contribution in [0.4, 0.5) is 14.5 Å². The van der Waals surface area contributed by atoms with Gasteiger partial charge in [-0.2, -0.15) is 4.31 Å². The average molecular weight is 426 g/mol. The molecule has 0 heterocycles. The van der Waals surface area contributed by atoms with Gasteiger partial charge in [0.05, 0.1) is 16.1 Å². The zero-order valence-corrected chi connectivity index (χ0v) is 16.6. The number of benzene rings is 2. The number of rotatable bonds is 8. The van der Waals surface area contributed by atoms with E-state index < -0.39 is 45.8 Å². The molecule has 1 amide bonds. The van der Waals surface area contributed by atoms with E-state index in [0.29, 0.717) is 0 Å². The Hall–Kier alpha value is -2.85. The fraction of sp³-hybridized carbons (Fsp3) is 0.263. The molecule has 2 aromatic carbocycles. The molecule has 10 heteroatoms. The van der Waals surface area contributed by atoms with Crippen LogP contribution in [0.2, 0.25) is 0 Å². The lowest BCUT2D eigenvalue weighted by atomic mass is 10.2. The van der Waals surface area contributed by atoms with Crippen LogP contribution in [-0.4, -0.2) is 44.3 Å². The number of nitrogens with one attached hydrogen (secondary N) is 1. The molecular formula is C19H20F2N2O5S. The van der Waals surface area contributed by atoms with E-state index >= 15 is 0 Å². The van der Waals surface area contributed by atoms with Gasteiger partial charge in [-0.25, -0.2) is 22.0 Å². The maximum absolute atomic E-state index is 13.5. The van der Waals surface area contributed by atoms with Crippen molar-refractivity contribution in [3.63, 3.8) is 0 Å². The van der Waals surface area contributed by atoms with Gasteiger partial charge in [0.2, 0.25) is 10.0 Å². The third-order valence-corrected chi connectivity index (χ3v) is 6.00. The molecule has 2 rings (SSSR count). The number of carbonyl (C=O) groups is 2. The Kier molecular flexibility index (Phi) is 7.40. The average Bonchev–Trinajstić information content (AvgIpc) is 2.69. The molecule has 7 nitrogen and oxygen atoms in total. The maximum atomic E-state index is 13.5. The van der Waals surface area contributed by atoms with Gasteiger partial charge in [-0.3, -0.25) is 4.79 Å². The van der Waals surface area contributed by atoms with E-state index in [0.717, 1.165) is 24.3 Å². The number of hydrogen-bond donors (Lipinski definition) is 1. The third kappa shape index (κ3) is 5.58. The van der Waals surface area contributed by atoms with Gasteiger partial charge < -0.3 is 10.1 Å². The number of hydrogen-bond acceptors (Lipinski definition) is 5. The molecule has 0 bridgehead atoms. The molecular weight excluding hydrogens is 406 g/mol. The SMILES string of the molecule is CCN(CC)S(=O)(=O)c1cccc(C(=O)OCC(=O)Nc2cc(F)ccc2F)c1. The Morgan fingerprint density at radius 3 is 2.41 bits per heavy atom. The van der Waals surface area contributed by atoms with Crippen molar-refractivity contribution < 1.29 is 31.5 Å². The van der Waals surface area contributed by atoms with Gasteiger partial charge in [0.1, 0.15) is 11.6 Å². The molecule has 0 aromatic heterocycles. The first-order valence-corrected chi connectivity index (χ1v) is 10.1. The predicted octanol–water partition coefficient (Wildman–Crippen LogP) is 2.79. The first kappa shape index (κ1) is 22.4. The highest BCUT2D eigenvalue weighted by atomic mass is 32.2. The molecule has 0 atom stereocenters. The van der Waals surface area contributed by atoms with Gasteiger partial charge in [0.15, 0.2) is 6.61 Å². The lowest BCUT2D eigenvalue weighted by molar-refractivity contribution is -0.119. The topological polar surface area (TPSA) is 92.8 Å². The van der Waals surface area contributed by atoms with Crippen LogP contribution in [0.5, 0.6) is 0 Å². The second kappa shape index (κ2) is 9.57. The van der Waals surface area contributed by atoms with Crippen LogP contribution in [-0.2, 0) is 19.6 Å². The van der Waals surface area contributed by atoms with E-state index in [-0.39, 0.29) is 23.5 Å². The summed E-state index contributed by atoms with van der Waals surface area (Å²) in [6.45, 7) is 3.16. The lowest BCUT2D eigenvalue weighted by Gasteiger charge is -2.18. The molecule has 0 aliphatic carbocycles. The fourth-order valence-electron chi connectivity index (χ4n) is 2.49. The Labute approximate surface area is 167 Å². The Balaban J connectivity index is 2.06. The maximum Gasteiger partial charge on any atom is 0.338 e. The number of anilines is 1. The van der Waals surface area contributed by atoms with Crippen LogP contribution in [0.1, 0.15) is 24.2 Å². The predicted molar refractivity (Wildman–Crippen MR) is 102 cm³/mol. The standard InChI is InChI=1S/C19H20F2N2O5S/c1-3-23(4-2)29(26,27)15-7-5-6-13(10-15)19(25)28-12-18(24)22-17-11-14(20)8-9-16(17)21/h5-11H,3-4,12H2,1-2H3,(H,22,24). The van der Waals surface area contributed by atoms with Crippen LogP contribution < -0.4 is 5.32 Å². The summed E-state index contributed by atoms with van der Waals surface area (Å²) < 4.78 is 57.8. The summed E-state index contributed by atoms with van der Waals surface area (Å²) in [6.07, 6.45) is 0. The number of nitrogens with zero attached hydrogens (tertiary/aromatic N) is 1. The summed E-state index contributed by atoms with van der Waals surface area (Å²) in [4.78, 5) is 23.9. The van der Waals surface area contributed by atoms with Crippen molar-refractivity contribution in [1.82, 2.24) is 4.31 Å². The molecule has 0 fully saturated rings. The van der Waals surface area contributed by atoms with E-state index in [1.165, 1.54) is 22.5 Å². The highest BCUT2D eigenvalue weighted by Crippen LogP contribution is 2.18. The van der Waals surface area contributed by atoms with Gasteiger partial charge >= 0.3 is 5.97 Å². The number of sulfonamides is 1. The van der Waals surface area contributed by atoms with Gasteiger partial charge in [-0.1, -0.05) is 19.9 Å². The van der Waals surface area contributed by atoms with E-state index in [1.54, 1.807) is 13.8 Å². The molecule has 0 saturated carbocycles. The number of ether oxygens (including phenoxy) is 1. The zero-order valence-electron chi connectivity index (χ0n) is 15.8. The number of esters is 1. The minimum Gasteiger partial charge on any atom is -0.452 e. The van der Waals surface area contributed by atoms with Gasteiger partial charge in [0, 0.05) is 19.2 Å². The van der Waals surface area contributed by atoms with E-state index in [9.17, 15) is 26.8 Å². The van der Waals surface area contributed by atoms with E-state index in [4.69, 9.17) is 4.74 Å². The molecule has 0 spiro atoms. The molecule has 0 saturated heterocycles. The summed E-state index contributed by atoms with van der Waals surface area (Å²) in [5.74, 6) is -3.41. The molecule has 29 heavy (non-hydrogen) atoms. The molecule has 156 valence electrons. The molecule has 0 radical (unpaired) electrons. The minimum absolute atomic E-state index is 0.0667. The van der Waals surface area contributed by atoms with Crippen LogP contribution in [0, 0.1) is 11.6 Å². The van der Waals surface area contributed by atoms with Crippen LogP contribution in [0.25, 0.3) is 0 Å². The smallest absolute Gasteiger partial charge is 0.338 e. The first-order chi connectivity index (χ1) is 13.7. The van der Waals surface area contributed by atoms with Crippen molar-refractivity contribution in [2.45, 2.75) is 18.7 Å². The molecule has 2 aromatic rings. The van der Waals surface area contributed by atoms with E-state index in [2.05, 4.69) is 5.32 Å². The Morgan fingerprint density at radius 1 is 1.07 bits per heavy atom. The number of carbonyl (C=O) groups excluding carboxylic acids is 2. The van der Waals surface area contributed by atoms with Crippen molar-refractivity contribution in [3.05, 3.63) is 59.7 Å². The summed E-state index contributed by atoms with van der Waals surface area (Å²) in [7, 11) is -3.77. The summed E-state index contributed by atoms with van der Waals surface area (Å²) >= 11 is 0. The summed E-state index contributed by atoms with van der Waals surface area (Å²) in [6, 6.07) is 7.76. The number of halogens is 2. The van der Waals surface area contributed by atoms with Gasteiger partial charge in [-0.15, -0.1) is 0 Å². The van der Waals surface area contributed by atoms with Crippen molar-refractivity contribution >= 4 is 27.6 Å². The van der Waals surface area contributed by atoms with Crippen molar-refractivity contribution in [3.8, 4) is 0 Å². The second-order valence-corrected chi connectivity index (χ2v) is 7.80. The van der Waals surface area contributed by atoms with Crippen molar-refractivity contribution in [1.29, 1.82) is 0 Å². The normalized spacial score (nSPS) is 11.3. The second-order valence-electron chi connectivity index (χ2n) is 5.87. The quantitative estimate of drug-likeness (QED) is 0.656. The lowest BCUT2D eigenvalue weighted by Crippen LogP contribution is -2.30. The molecule has 0 aliphatic rings. The molecule has 0 aliphatic heterocycles. The monoisotopic (exact) mass is 426 g/mol. The summed E-state index contributed by atoms with van der Waals surface area (Å²) in [5.41, 5.74) is -0.457.